The van der Waals surface area contributed by atoms with Crippen molar-refractivity contribution >= 4 is 21.7 Å². The van der Waals surface area contributed by atoms with Gasteiger partial charge in [0.05, 0.1) is 5.71 Å². The topological polar surface area (TPSA) is 113 Å². The lowest BCUT2D eigenvalue weighted by Gasteiger charge is -2.05. The molecule has 0 aliphatic carbocycles. The van der Waals surface area contributed by atoms with Gasteiger partial charge in [-0.15, -0.1) is 0 Å². The predicted molar refractivity (Wildman–Crippen MR) is 65.7 cm³/mol. The minimum atomic E-state index is -4.14. The van der Waals surface area contributed by atoms with Gasteiger partial charge in [-0.05, 0) is 18.2 Å². The van der Waals surface area contributed by atoms with E-state index in [-0.39, 0.29) is 23.8 Å². The van der Waals surface area contributed by atoms with E-state index in [1.807, 2.05) is 0 Å². The van der Waals surface area contributed by atoms with E-state index in [1.165, 1.54) is 12.1 Å². The highest BCUT2D eigenvalue weighted by Crippen LogP contribution is 2.25. The first-order valence-electron chi connectivity index (χ1n) is 5.10. The van der Waals surface area contributed by atoms with Crippen LogP contribution in [0.15, 0.2) is 39.6 Å². The Kier molecular flexibility index (Phi) is 3.26. The van der Waals surface area contributed by atoms with Crippen LogP contribution in [-0.4, -0.2) is 36.9 Å². The average Bonchev–Trinajstić information content (AvgIpc) is 2.63. The average molecular weight is 283 g/mol. The summed E-state index contributed by atoms with van der Waals surface area (Å²) in [5.74, 6) is -1.52. The number of hydrogen-bond acceptors (Lipinski definition) is 5. The summed E-state index contributed by atoms with van der Waals surface area (Å²) in [7, 11) is -4.14. The van der Waals surface area contributed by atoms with Gasteiger partial charge in [0.1, 0.15) is 6.61 Å². The lowest BCUT2D eigenvalue weighted by atomic mass is 10.3. The third kappa shape index (κ3) is 2.74. The number of para-hydroxylation sites is 2. The number of carboxylic acids is 1. The smallest absolute Gasteiger partial charge is 0.349 e. The van der Waals surface area contributed by atoms with Gasteiger partial charge in [0.2, 0.25) is 0 Å². The molecule has 1 aromatic rings. The van der Waals surface area contributed by atoms with Gasteiger partial charge in [0.15, 0.2) is 16.4 Å². The fourth-order valence-corrected chi connectivity index (χ4v) is 2.44. The number of sulfonamides is 1. The number of hydrogen-bond donors (Lipinski definition) is 2. The van der Waals surface area contributed by atoms with E-state index in [4.69, 9.17) is 9.84 Å². The van der Waals surface area contributed by atoms with Crippen molar-refractivity contribution in [3.05, 3.63) is 35.2 Å². The van der Waals surface area contributed by atoms with Crippen molar-refractivity contribution < 1.29 is 28.2 Å². The Labute approximate surface area is 108 Å². The summed E-state index contributed by atoms with van der Waals surface area (Å²) in [5, 5.41) is 18.1. The Morgan fingerprint density at radius 1 is 1.32 bits per heavy atom. The number of ether oxygens (including phenoxy) is 1. The molecule has 0 aromatic heterocycles. The molecule has 100 valence electrons. The predicted octanol–water partition coefficient (Wildman–Crippen LogP) is 0.524. The second-order valence-corrected chi connectivity index (χ2v) is 5.20. The molecule has 2 N–H and O–H groups in total. The zero-order chi connectivity index (χ0) is 14.0. The number of benzene rings is 1. The van der Waals surface area contributed by atoms with Crippen molar-refractivity contribution in [2.24, 2.45) is 4.40 Å². The van der Waals surface area contributed by atoms with Crippen molar-refractivity contribution in [3.8, 4) is 11.5 Å². The lowest BCUT2D eigenvalue weighted by molar-refractivity contribution is -0.131. The molecule has 0 fully saturated rings. The maximum atomic E-state index is 11.4. The Hall–Kier alpha value is -2.35. The molecular formula is C11H9NO6S. The van der Waals surface area contributed by atoms with E-state index in [1.54, 1.807) is 12.1 Å². The third-order valence-electron chi connectivity index (χ3n) is 2.26. The number of carbonyl (C=O) groups is 1. The molecule has 0 amide bonds. The van der Waals surface area contributed by atoms with Gasteiger partial charge < -0.3 is 14.9 Å². The minimum absolute atomic E-state index is 0.0411. The van der Waals surface area contributed by atoms with E-state index >= 15 is 0 Å². The Bertz CT molecular complexity index is 689. The molecule has 0 spiro atoms. The molecule has 0 unspecified atom stereocenters. The lowest BCUT2D eigenvalue weighted by Crippen LogP contribution is -2.07. The van der Waals surface area contributed by atoms with Crippen molar-refractivity contribution in [2.45, 2.75) is 0 Å². The molecule has 1 aliphatic rings. The molecule has 0 atom stereocenters. The van der Waals surface area contributed by atoms with Gasteiger partial charge in [-0.1, -0.05) is 12.1 Å². The van der Waals surface area contributed by atoms with Gasteiger partial charge in [-0.2, -0.15) is 12.8 Å². The Balaban J connectivity index is 2.15. The fourth-order valence-electron chi connectivity index (χ4n) is 1.43. The maximum absolute atomic E-state index is 11.4. The van der Waals surface area contributed by atoms with Crippen LogP contribution < -0.4 is 4.74 Å². The van der Waals surface area contributed by atoms with Crippen LogP contribution in [-0.2, 0) is 14.8 Å². The van der Waals surface area contributed by atoms with Crippen molar-refractivity contribution in [1.82, 2.24) is 0 Å². The first kappa shape index (κ1) is 13.1. The van der Waals surface area contributed by atoms with E-state index in [9.17, 15) is 18.3 Å². The van der Waals surface area contributed by atoms with Gasteiger partial charge in [-0.25, -0.2) is 4.79 Å². The first-order valence-corrected chi connectivity index (χ1v) is 6.54. The largest absolute Gasteiger partial charge is 0.504 e. The number of rotatable bonds is 4. The highest BCUT2D eigenvalue weighted by atomic mass is 32.2. The van der Waals surface area contributed by atoms with Crippen molar-refractivity contribution in [2.75, 3.05) is 6.61 Å². The molecule has 7 nitrogen and oxygen atoms in total. The summed E-state index contributed by atoms with van der Waals surface area (Å²) in [6.45, 7) is -0.256. The van der Waals surface area contributed by atoms with Crippen LogP contribution in [0.2, 0.25) is 0 Å². The van der Waals surface area contributed by atoms with E-state index in [0.717, 1.165) is 6.08 Å². The first-order chi connectivity index (χ1) is 8.90. The molecule has 1 heterocycles. The van der Waals surface area contributed by atoms with Gasteiger partial charge >= 0.3 is 5.97 Å². The number of phenols is 1. The van der Waals surface area contributed by atoms with Crippen LogP contribution in [0.4, 0.5) is 0 Å². The van der Waals surface area contributed by atoms with Crippen LogP contribution in [0, 0.1) is 0 Å². The zero-order valence-electron chi connectivity index (χ0n) is 9.48. The van der Waals surface area contributed by atoms with Crippen LogP contribution in [0.5, 0.6) is 11.5 Å². The van der Waals surface area contributed by atoms with E-state index in [2.05, 4.69) is 4.40 Å². The molecule has 0 bridgehead atoms. The van der Waals surface area contributed by atoms with Gasteiger partial charge in [-0.3, -0.25) is 0 Å². The molecule has 2 rings (SSSR count). The van der Waals surface area contributed by atoms with E-state index < -0.39 is 20.9 Å². The molecular weight excluding hydrogens is 274 g/mol. The van der Waals surface area contributed by atoms with Crippen LogP contribution in [0.1, 0.15) is 0 Å². The maximum Gasteiger partial charge on any atom is 0.349 e. The fraction of sp³-hybridized carbons (Fsp3) is 0.0909. The highest BCUT2D eigenvalue weighted by molar-refractivity contribution is 7.95. The second kappa shape index (κ2) is 4.73. The number of carboxylic acid groups (broad SMARTS) is 1. The number of aliphatic carboxylic acids is 1. The monoisotopic (exact) mass is 283 g/mol. The SMILES string of the molecule is O=C(O)C1=CC(COc2ccccc2O)=NS1(=O)=O. The van der Waals surface area contributed by atoms with Gasteiger partial charge in [0, 0.05) is 0 Å². The Morgan fingerprint density at radius 2 is 2.00 bits per heavy atom. The Morgan fingerprint density at radius 3 is 2.58 bits per heavy atom. The molecule has 8 heteroatoms. The van der Waals surface area contributed by atoms with Crippen LogP contribution >= 0.6 is 0 Å². The molecule has 0 radical (unpaired) electrons. The number of aromatic hydroxyl groups is 1. The molecule has 0 saturated heterocycles. The minimum Gasteiger partial charge on any atom is -0.504 e. The second-order valence-electron chi connectivity index (χ2n) is 3.63. The third-order valence-corrected chi connectivity index (χ3v) is 3.59. The summed E-state index contributed by atoms with van der Waals surface area (Å²) < 4.78 is 31.1. The van der Waals surface area contributed by atoms with Crippen LogP contribution in [0.3, 0.4) is 0 Å². The quantitative estimate of drug-likeness (QED) is 0.833. The van der Waals surface area contributed by atoms with Crippen molar-refractivity contribution in [3.63, 3.8) is 0 Å². The summed E-state index contributed by atoms with van der Waals surface area (Å²) >= 11 is 0. The van der Waals surface area contributed by atoms with Gasteiger partial charge in [0.25, 0.3) is 10.0 Å². The molecule has 0 saturated carbocycles. The molecule has 1 aliphatic heterocycles. The number of phenolic OH excluding ortho intramolecular Hbond substituents is 1. The zero-order valence-corrected chi connectivity index (χ0v) is 10.3. The normalized spacial score (nSPS) is 16.6. The summed E-state index contributed by atoms with van der Waals surface area (Å²) in [6.07, 6.45) is 0.928. The molecule has 1 aromatic carbocycles. The summed E-state index contributed by atoms with van der Waals surface area (Å²) in [6, 6.07) is 6.12. The standard InChI is InChI=1S/C11H9NO6S/c13-8-3-1-2-4-9(8)18-6-7-5-10(11(14)15)19(16,17)12-7/h1-5,13H,6H2,(H,14,15). The van der Waals surface area contributed by atoms with Crippen LogP contribution in [0.25, 0.3) is 0 Å². The number of nitrogens with zero attached hydrogens (tertiary/aromatic N) is 1. The highest BCUT2D eigenvalue weighted by Gasteiger charge is 2.30. The summed E-state index contributed by atoms with van der Waals surface area (Å²) in [5.41, 5.74) is -0.0411. The van der Waals surface area contributed by atoms with E-state index in [0.29, 0.717) is 0 Å². The van der Waals surface area contributed by atoms with Crippen molar-refractivity contribution in [1.29, 1.82) is 0 Å². The summed E-state index contributed by atoms with van der Waals surface area (Å²) in [4.78, 5) is 9.90. The molecule has 19 heavy (non-hydrogen) atoms.